The van der Waals surface area contributed by atoms with Crippen LogP contribution in [0.5, 0.6) is 0 Å². The number of hydrogen-bond acceptors (Lipinski definition) is 6. The molecule has 2 heterocycles. The second kappa shape index (κ2) is 7.38. The number of nitrogen functional groups attached to an aromatic ring is 1. The average molecular weight is 392 g/mol. The van der Waals surface area contributed by atoms with E-state index in [1.807, 2.05) is 26.8 Å². The summed E-state index contributed by atoms with van der Waals surface area (Å²) in [6.07, 6.45) is 0. The summed E-state index contributed by atoms with van der Waals surface area (Å²) in [5, 5.41) is 16.3. The standard InChI is InChI=1S/C16H18ClN7OS/c1-9-6-12(17)4-5-13(9)19-14(25)8-26-16-21-20-15(23(16)18)24-11(3)7-10(2)22-24/h4-7H,8,18H2,1-3H3,(H,19,25). The summed E-state index contributed by atoms with van der Waals surface area (Å²) in [6, 6.07) is 7.21. The fourth-order valence-electron chi connectivity index (χ4n) is 2.43. The number of amides is 1. The molecule has 3 N–H and O–H groups in total. The van der Waals surface area contributed by atoms with Gasteiger partial charge in [0.15, 0.2) is 0 Å². The summed E-state index contributed by atoms with van der Waals surface area (Å²) in [4.78, 5) is 12.2. The second-order valence-electron chi connectivity index (χ2n) is 5.79. The van der Waals surface area contributed by atoms with Gasteiger partial charge >= 0.3 is 0 Å². The highest BCUT2D eigenvalue weighted by molar-refractivity contribution is 7.99. The number of nitrogens with zero attached hydrogens (tertiary/aromatic N) is 5. The molecule has 0 aliphatic carbocycles. The lowest BCUT2D eigenvalue weighted by Crippen LogP contribution is -2.19. The number of carbonyl (C=O) groups is 1. The lowest BCUT2D eigenvalue weighted by atomic mass is 10.2. The molecule has 0 atom stereocenters. The van der Waals surface area contributed by atoms with Crippen LogP contribution in [0.2, 0.25) is 5.02 Å². The molecule has 0 spiro atoms. The van der Waals surface area contributed by atoms with Crippen LogP contribution in [0.4, 0.5) is 5.69 Å². The molecule has 0 saturated heterocycles. The fraction of sp³-hybridized carbons (Fsp3) is 0.250. The number of benzene rings is 1. The Morgan fingerprint density at radius 3 is 2.69 bits per heavy atom. The van der Waals surface area contributed by atoms with Gasteiger partial charge in [0.2, 0.25) is 11.1 Å². The van der Waals surface area contributed by atoms with Crippen LogP contribution in [-0.4, -0.2) is 36.3 Å². The van der Waals surface area contributed by atoms with Crippen molar-refractivity contribution in [3.05, 3.63) is 46.2 Å². The van der Waals surface area contributed by atoms with Gasteiger partial charge in [0.1, 0.15) is 0 Å². The van der Waals surface area contributed by atoms with E-state index in [4.69, 9.17) is 17.4 Å². The number of anilines is 1. The van der Waals surface area contributed by atoms with Crippen molar-refractivity contribution >= 4 is 35.0 Å². The van der Waals surface area contributed by atoms with Crippen molar-refractivity contribution in [3.63, 3.8) is 0 Å². The molecule has 0 fully saturated rings. The number of aryl methyl sites for hydroxylation is 3. The molecular formula is C16H18ClN7OS. The van der Waals surface area contributed by atoms with E-state index in [1.54, 1.807) is 22.9 Å². The van der Waals surface area contributed by atoms with Gasteiger partial charge < -0.3 is 11.2 Å². The van der Waals surface area contributed by atoms with Crippen molar-refractivity contribution in [2.24, 2.45) is 0 Å². The van der Waals surface area contributed by atoms with Gasteiger partial charge in [0.05, 0.1) is 11.4 Å². The molecule has 0 aliphatic rings. The van der Waals surface area contributed by atoms with Crippen molar-refractivity contribution < 1.29 is 4.79 Å². The summed E-state index contributed by atoms with van der Waals surface area (Å²) in [5.74, 6) is 6.43. The van der Waals surface area contributed by atoms with E-state index < -0.39 is 0 Å². The van der Waals surface area contributed by atoms with Crippen LogP contribution in [-0.2, 0) is 4.79 Å². The molecule has 0 radical (unpaired) electrons. The van der Waals surface area contributed by atoms with E-state index in [2.05, 4.69) is 20.6 Å². The van der Waals surface area contributed by atoms with Gasteiger partial charge in [0.25, 0.3) is 5.95 Å². The summed E-state index contributed by atoms with van der Waals surface area (Å²) in [6.45, 7) is 5.68. The maximum atomic E-state index is 12.2. The number of rotatable bonds is 5. The zero-order valence-corrected chi connectivity index (χ0v) is 16.1. The topological polar surface area (TPSA) is 104 Å². The lowest BCUT2D eigenvalue weighted by molar-refractivity contribution is -0.113. The summed E-state index contributed by atoms with van der Waals surface area (Å²) in [5.41, 5.74) is 3.37. The van der Waals surface area contributed by atoms with Gasteiger partial charge in [-0.05, 0) is 50.6 Å². The number of hydrogen-bond donors (Lipinski definition) is 2. The Morgan fingerprint density at radius 1 is 1.27 bits per heavy atom. The first kappa shape index (κ1) is 18.3. The van der Waals surface area contributed by atoms with Crippen molar-refractivity contribution in [1.82, 2.24) is 24.7 Å². The Balaban J connectivity index is 1.67. The van der Waals surface area contributed by atoms with Crippen LogP contribution in [0.1, 0.15) is 17.0 Å². The predicted octanol–water partition coefficient (Wildman–Crippen LogP) is 2.49. The van der Waals surface area contributed by atoms with E-state index in [1.165, 1.54) is 16.4 Å². The lowest BCUT2D eigenvalue weighted by Gasteiger charge is -2.08. The normalized spacial score (nSPS) is 10.9. The number of thioether (sulfide) groups is 1. The third-order valence-electron chi connectivity index (χ3n) is 3.64. The number of carbonyl (C=O) groups excluding carboxylic acids is 1. The number of aromatic nitrogens is 5. The van der Waals surface area contributed by atoms with Gasteiger partial charge in [-0.15, -0.1) is 10.2 Å². The third-order valence-corrected chi connectivity index (χ3v) is 4.82. The van der Waals surface area contributed by atoms with Gasteiger partial charge in [-0.25, -0.2) is 9.36 Å². The Hall–Kier alpha value is -2.52. The first-order valence-corrected chi connectivity index (χ1v) is 9.14. The first-order chi connectivity index (χ1) is 12.3. The van der Waals surface area contributed by atoms with E-state index in [-0.39, 0.29) is 11.7 Å². The monoisotopic (exact) mass is 391 g/mol. The van der Waals surface area contributed by atoms with Gasteiger partial charge in [-0.2, -0.15) is 5.10 Å². The smallest absolute Gasteiger partial charge is 0.271 e. The van der Waals surface area contributed by atoms with E-state index >= 15 is 0 Å². The molecule has 0 unspecified atom stereocenters. The SMILES string of the molecule is Cc1cc(C)n(-c2nnc(SCC(=O)Nc3ccc(Cl)cc3C)n2N)n1. The van der Waals surface area contributed by atoms with Crippen LogP contribution in [0.25, 0.3) is 5.95 Å². The van der Waals surface area contributed by atoms with Crippen molar-refractivity contribution in [2.75, 3.05) is 16.9 Å². The zero-order valence-electron chi connectivity index (χ0n) is 14.5. The molecule has 26 heavy (non-hydrogen) atoms. The maximum absolute atomic E-state index is 12.2. The van der Waals surface area contributed by atoms with Crippen molar-refractivity contribution in [2.45, 2.75) is 25.9 Å². The van der Waals surface area contributed by atoms with Crippen LogP contribution in [0.15, 0.2) is 29.4 Å². The highest BCUT2D eigenvalue weighted by atomic mass is 35.5. The molecule has 0 aliphatic heterocycles. The first-order valence-electron chi connectivity index (χ1n) is 7.78. The quantitative estimate of drug-likeness (QED) is 0.511. The summed E-state index contributed by atoms with van der Waals surface area (Å²) < 4.78 is 2.94. The van der Waals surface area contributed by atoms with E-state index in [9.17, 15) is 4.79 Å². The molecular weight excluding hydrogens is 374 g/mol. The Labute approximate surface area is 159 Å². The highest BCUT2D eigenvalue weighted by Gasteiger charge is 2.16. The van der Waals surface area contributed by atoms with Crippen molar-refractivity contribution in [1.29, 1.82) is 0 Å². The minimum Gasteiger partial charge on any atom is -0.334 e. The molecule has 10 heteroatoms. The van der Waals surface area contributed by atoms with Crippen LogP contribution in [0, 0.1) is 20.8 Å². The molecule has 0 bridgehead atoms. The average Bonchev–Trinajstić information content (AvgIpc) is 3.10. The molecule has 0 saturated carbocycles. The molecule has 8 nitrogen and oxygen atoms in total. The minimum absolute atomic E-state index is 0.147. The number of nitrogens with two attached hydrogens (primary N) is 1. The summed E-state index contributed by atoms with van der Waals surface area (Å²) in [7, 11) is 0. The van der Waals surface area contributed by atoms with E-state index in [0.717, 1.165) is 22.6 Å². The largest absolute Gasteiger partial charge is 0.334 e. The summed E-state index contributed by atoms with van der Waals surface area (Å²) >= 11 is 7.12. The van der Waals surface area contributed by atoms with Gasteiger partial charge in [-0.1, -0.05) is 23.4 Å². The van der Waals surface area contributed by atoms with Gasteiger partial charge in [-0.3, -0.25) is 4.79 Å². The fourth-order valence-corrected chi connectivity index (χ4v) is 3.31. The zero-order chi connectivity index (χ0) is 18.8. The minimum atomic E-state index is -0.170. The van der Waals surface area contributed by atoms with Gasteiger partial charge in [0, 0.05) is 16.4 Å². The number of halogens is 1. The molecule has 1 amide bonds. The Kier molecular flexibility index (Phi) is 5.19. The second-order valence-corrected chi connectivity index (χ2v) is 7.17. The molecule has 1 aromatic carbocycles. The Morgan fingerprint density at radius 2 is 2.04 bits per heavy atom. The molecule has 136 valence electrons. The Bertz CT molecular complexity index is 966. The molecule has 3 rings (SSSR count). The molecule has 2 aromatic heterocycles. The van der Waals surface area contributed by atoms with Crippen LogP contribution < -0.4 is 11.2 Å². The van der Waals surface area contributed by atoms with E-state index in [0.29, 0.717) is 16.1 Å². The maximum Gasteiger partial charge on any atom is 0.271 e. The highest BCUT2D eigenvalue weighted by Crippen LogP contribution is 2.21. The third kappa shape index (κ3) is 3.83. The van der Waals surface area contributed by atoms with Crippen molar-refractivity contribution in [3.8, 4) is 5.95 Å². The molecule has 3 aromatic rings. The van der Waals surface area contributed by atoms with Crippen LogP contribution in [0.3, 0.4) is 0 Å². The van der Waals surface area contributed by atoms with Crippen LogP contribution >= 0.6 is 23.4 Å². The number of nitrogens with one attached hydrogen (secondary N) is 1. The predicted molar refractivity (Wildman–Crippen MR) is 102 cm³/mol.